The van der Waals surface area contributed by atoms with E-state index < -0.39 is 6.55 Å². The Hall–Kier alpha value is -3.02. The second-order valence-corrected chi connectivity index (χ2v) is 6.95. The van der Waals surface area contributed by atoms with Crippen molar-refractivity contribution in [1.82, 2.24) is 14.9 Å². The van der Waals surface area contributed by atoms with E-state index in [1.807, 2.05) is 26.0 Å². The molecule has 0 fully saturated rings. The van der Waals surface area contributed by atoms with Gasteiger partial charge >= 0.3 is 6.55 Å². The average molecular weight is 383 g/mol. The summed E-state index contributed by atoms with van der Waals surface area (Å²) in [6.45, 7) is 3.30. The highest BCUT2D eigenvalue weighted by Gasteiger charge is 2.21. The average Bonchev–Trinajstić information content (AvgIpc) is 3.05. The van der Waals surface area contributed by atoms with Crippen LogP contribution in [-0.2, 0) is 4.79 Å². The third-order valence-corrected chi connectivity index (χ3v) is 4.68. The van der Waals surface area contributed by atoms with Gasteiger partial charge in [0.15, 0.2) is 0 Å². The van der Waals surface area contributed by atoms with Gasteiger partial charge in [0.05, 0.1) is 11.0 Å². The molecule has 1 atom stereocenters. The van der Waals surface area contributed by atoms with Crippen LogP contribution in [0, 0.1) is 13.8 Å². The number of carbonyl (C=O) groups is 1. The van der Waals surface area contributed by atoms with Crippen molar-refractivity contribution in [2.75, 3.05) is 6.54 Å². The van der Waals surface area contributed by atoms with Crippen LogP contribution in [-0.4, -0.2) is 22.0 Å². The summed E-state index contributed by atoms with van der Waals surface area (Å²) < 4.78 is 28.0. The lowest BCUT2D eigenvalue weighted by atomic mass is 10.1. The van der Waals surface area contributed by atoms with Gasteiger partial charge in [-0.3, -0.25) is 9.36 Å². The van der Waals surface area contributed by atoms with Crippen molar-refractivity contribution in [2.24, 2.45) is 0 Å². The molecule has 3 aromatic rings. The predicted molar refractivity (Wildman–Crippen MR) is 107 cm³/mol. The number of carbonyl (C=O) groups excluding carboxylic acids is 1. The molecule has 1 aromatic heterocycles. The summed E-state index contributed by atoms with van der Waals surface area (Å²) in [6.07, 6.45) is 3.21. The van der Waals surface area contributed by atoms with Gasteiger partial charge in [0.25, 0.3) is 0 Å². The topological polar surface area (TPSA) is 46.9 Å². The number of nitrogens with zero attached hydrogens (tertiary/aromatic N) is 2. The van der Waals surface area contributed by atoms with Crippen LogP contribution in [0.3, 0.4) is 0 Å². The minimum atomic E-state index is -2.69. The molecule has 2 aromatic carbocycles. The van der Waals surface area contributed by atoms with E-state index >= 15 is 0 Å². The van der Waals surface area contributed by atoms with Crippen molar-refractivity contribution in [3.8, 4) is 0 Å². The van der Waals surface area contributed by atoms with Crippen molar-refractivity contribution < 1.29 is 13.6 Å². The molecule has 0 aliphatic heterocycles. The van der Waals surface area contributed by atoms with Crippen molar-refractivity contribution in [2.45, 2.75) is 33.2 Å². The predicted octanol–water partition coefficient (Wildman–Crippen LogP) is 4.98. The molecule has 6 heteroatoms. The first-order chi connectivity index (χ1) is 13.4. The fraction of sp³-hybridized carbons (Fsp3) is 0.273. The van der Waals surface area contributed by atoms with Gasteiger partial charge in [-0.15, -0.1) is 0 Å². The SMILES string of the molecule is Cc1ccc(C=CC(=O)NCC(C)c2nc3ccccc3n2C(F)F)c(C)c1. The highest BCUT2D eigenvalue weighted by atomic mass is 19.3. The molecule has 0 bridgehead atoms. The highest BCUT2D eigenvalue weighted by Crippen LogP contribution is 2.27. The van der Waals surface area contributed by atoms with Crippen molar-refractivity contribution >= 4 is 23.0 Å². The zero-order valence-corrected chi connectivity index (χ0v) is 16.1. The smallest absolute Gasteiger partial charge is 0.320 e. The second kappa shape index (κ2) is 8.33. The summed E-state index contributed by atoms with van der Waals surface area (Å²) in [5.41, 5.74) is 4.12. The normalized spacial score (nSPS) is 12.8. The molecule has 0 saturated carbocycles. The van der Waals surface area contributed by atoms with E-state index in [2.05, 4.69) is 16.4 Å². The molecular weight excluding hydrogens is 360 g/mol. The molecule has 28 heavy (non-hydrogen) atoms. The molecule has 146 valence electrons. The van der Waals surface area contributed by atoms with Gasteiger partial charge in [-0.05, 0) is 43.2 Å². The van der Waals surface area contributed by atoms with Crippen LogP contribution in [0.15, 0.2) is 48.5 Å². The standard InChI is InChI=1S/C22H23F2N3O/c1-14-8-9-17(15(2)12-14)10-11-20(28)25-13-16(3)21-26-18-6-4-5-7-19(18)27(21)22(23)24/h4-12,16,22H,13H2,1-3H3,(H,25,28). The Kier molecular flexibility index (Phi) is 5.87. The number of imidazole rings is 1. The van der Waals surface area contributed by atoms with Gasteiger partial charge in [-0.2, -0.15) is 8.78 Å². The minimum absolute atomic E-state index is 0.214. The van der Waals surface area contributed by atoms with Gasteiger partial charge in [-0.1, -0.05) is 42.8 Å². The molecule has 3 rings (SSSR count). The first-order valence-corrected chi connectivity index (χ1v) is 9.15. The van der Waals surface area contributed by atoms with Crippen LogP contribution in [0.2, 0.25) is 0 Å². The van der Waals surface area contributed by atoms with E-state index in [9.17, 15) is 13.6 Å². The Balaban J connectivity index is 1.69. The molecular formula is C22H23F2N3O. The van der Waals surface area contributed by atoms with E-state index in [1.54, 1.807) is 37.3 Å². The summed E-state index contributed by atoms with van der Waals surface area (Å²) in [4.78, 5) is 16.5. The molecule has 0 radical (unpaired) electrons. The molecule has 1 amide bonds. The van der Waals surface area contributed by atoms with E-state index in [0.717, 1.165) is 21.3 Å². The van der Waals surface area contributed by atoms with E-state index in [-0.39, 0.29) is 24.2 Å². The highest BCUT2D eigenvalue weighted by molar-refractivity contribution is 5.91. The fourth-order valence-corrected chi connectivity index (χ4v) is 3.20. The molecule has 1 N–H and O–H groups in total. The van der Waals surface area contributed by atoms with Crippen molar-refractivity contribution in [3.63, 3.8) is 0 Å². The lowest BCUT2D eigenvalue weighted by Crippen LogP contribution is -2.27. The Morgan fingerprint density at radius 1 is 1.21 bits per heavy atom. The fourth-order valence-electron chi connectivity index (χ4n) is 3.20. The van der Waals surface area contributed by atoms with Gasteiger partial charge in [0, 0.05) is 18.5 Å². The lowest BCUT2D eigenvalue weighted by Gasteiger charge is -2.14. The number of aryl methyl sites for hydroxylation is 2. The number of hydrogen-bond acceptors (Lipinski definition) is 2. The largest absolute Gasteiger partial charge is 0.352 e. The number of hydrogen-bond donors (Lipinski definition) is 1. The first-order valence-electron chi connectivity index (χ1n) is 9.15. The molecule has 0 aliphatic rings. The van der Waals surface area contributed by atoms with E-state index in [0.29, 0.717) is 11.0 Å². The zero-order chi connectivity index (χ0) is 20.3. The summed E-state index contributed by atoms with van der Waals surface area (Å²) in [7, 11) is 0. The van der Waals surface area contributed by atoms with Gasteiger partial charge in [-0.25, -0.2) is 4.98 Å². The van der Waals surface area contributed by atoms with Crippen LogP contribution in [0.25, 0.3) is 17.1 Å². The number of aromatic nitrogens is 2. The number of nitrogens with one attached hydrogen (secondary N) is 1. The Labute approximate surface area is 162 Å². The second-order valence-electron chi connectivity index (χ2n) is 6.95. The van der Waals surface area contributed by atoms with Crippen molar-refractivity contribution in [1.29, 1.82) is 0 Å². The summed E-state index contributed by atoms with van der Waals surface area (Å²) in [5, 5.41) is 2.77. The first kappa shape index (κ1) is 19.7. The molecule has 0 spiro atoms. The third kappa shape index (κ3) is 4.27. The van der Waals surface area contributed by atoms with Crippen LogP contribution < -0.4 is 5.32 Å². The molecule has 4 nitrogen and oxygen atoms in total. The number of rotatable bonds is 6. The monoisotopic (exact) mass is 383 g/mol. The number of fused-ring (bicyclic) bond motifs is 1. The van der Waals surface area contributed by atoms with Gasteiger partial charge < -0.3 is 5.32 Å². The minimum Gasteiger partial charge on any atom is -0.352 e. The van der Waals surface area contributed by atoms with Gasteiger partial charge in [0.2, 0.25) is 5.91 Å². The number of benzene rings is 2. The van der Waals surface area contributed by atoms with Crippen LogP contribution in [0.1, 0.15) is 41.9 Å². The number of amides is 1. The van der Waals surface area contributed by atoms with Crippen LogP contribution >= 0.6 is 0 Å². The number of halogens is 2. The maximum Gasteiger partial charge on any atom is 0.320 e. The third-order valence-electron chi connectivity index (χ3n) is 4.68. The van der Waals surface area contributed by atoms with Crippen LogP contribution in [0.5, 0.6) is 0 Å². The Morgan fingerprint density at radius 3 is 2.68 bits per heavy atom. The van der Waals surface area contributed by atoms with Crippen molar-refractivity contribution in [3.05, 3.63) is 71.1 Å². The quantitative estimate of drug-likeness (QED) is 0.610. The maximum absolute atomic E-state index is 13.5. The van der Waals surface area contributed by atoms with Gasteiger partial charge in [0.1, 0.15) is 5.82 Å². The summed E-state index contributed by atoms with van der Waals surface area (Å²) in [6, 6.07) is 12.8. The summed E-state index contributed by atoms with van der Waals surface area (Å²) >= 11 is 0. The maximum atomic E-state index is 13.5. The summed E-state index contributed by atoms with van der Waals surface area (Å²) in [5.74, 6) is -0.374. The van der Waals surface area contributed by atoms with E-state index in [1.165, 1.54) is 6.08 Å². The molecule has 0 aliphatic carbocycles. The Morgan fingerprint density at radius 2 is 1.96 bits per heavy atom. The Bertz CT molecular complexity index is 1020. The lowest BCUT2D eigenvalue weighted by molar-refractivity contribution is -0.116. The van der Waals surface area contributed by atoms with E-state index in [4.69, 9.17) is 0 Å². The molecule has 1 unspecified atom stereocenters. The number of para-hydroxylation sites is 2. The number of alkyl halides is 2. The van der Waals surface area contributed by atoms with Crippen LogP contribution in [0.4, 0.5) is 8.78 Å². The molecule has 1 heterocycles. The molecule has 0 saturated heterocycles. The zero-order valence-electron chi connectivity index (χ0n) is 16.1.